The SMILES string of the molecule is CC(C)(C#N)CC(CC(SC(=S)c1ccccc1)c1ccccc1)c1ccccc1. The Labute approximate surface area is 190 Å². The Hall–Kier alpha value is -2.41. The highest BCUT2D eigenvalue weighted by molar-refractivity contribution is 8.23. The molecule has 0 aromatic heterocycles. The van der Waals surface area contributed by atoms with Crippen LogP contribution in [0.15, 0.2) is 91.0 Å². The number of hydrogen-bond donors (Lipinski definition) is 0. The van der Waals surface area contributed by atoms with Gasteiger partial charge in [0.1, 0.15) is 0 Å². The van der Waals surface area contributed by atoms with Crippen LogP contribution in [0, 0.1) is 16.7 Å². The molecule has 0 radical (unpaired) electrons. The van der Waals surface area contributed by atoms with Crippen LogP contribution in [0.2, 0.25) is 0 Å². The Kier molecular flexibility index (Phi) is 7.85. The molecule has 0 aliphatic heterocycles. The topological polar surface area (TPSA) is 23.8 Å². The van der Waals surface area contributed by atoms with Gasteiger partial charge < -0.3 is 0 Å². The number of nitriles is 1. The van der Waals surface area contributed by atoms with E-state index in [0.29, 0.717) is 0 Å². The second-order valence-electron chi connectivity index (χ2n) is 8.21. The van der Waals surface area contributed by atoms with Crippen LogP contribution in [0.4, 0.5) is 0 Å². The summed E-state index contributed by atoms with van der Waals surface area (Å²) in [7, 11) is 0. The Bertz CT molecular complexity index is 976. The number of thioether (sulfide) groups is 1. The summed E-state index contributed by atoms with van der Waals surface area (Å²) in [5.41, 5.74) is 3.27. The summed E-state index contributed by atoms with van der Waals surface area (Å²) in [5, 5.41) is 9.88. The van der Waals surface area contributed by atoms with E-state index in [9.17, 15) is 5.26 Å². The van der Waals surface area contributed by atoms with Gasteiger partial charge in [-0.05, 0) is 49.3 Å². The molecule has 3 heteroatoms. The van der Waals surface area contributed by atoms with Crippen LogP contribution >= 0.6 is 24.0 Å². The Morgan fingerprint density at radius 2 is 1.37 bits per heavy atom. The zero-order valence-electron chi connectivity index (χ0n) is 17.5. The fraction of sp³-hybridized carbons (Fsp3) is 0.259. The minimum atomic E-state index is -0.383. The molecule has 0 fully saturated rings. The molecular formula is C27H27NS2. The number of rotatable bonds is 8. The van der Waals surface area contributed by atoms with Crippen molar-refractivity contribution < 1.29 is 0 Å². The molecule has 3 aromatic carbocycles. The van der Waals surface area contributed by atoms with E-state index in [4.69, 9.17) is 12.2 Å². The van der Waals surface area contributed by atoms with Gasteiger partial charge >= 0.3 is 0 Å². The highest BCUT2D eigenvalue weighted by Gasteiger charge is 2.28. The van der Waals surface area contributed by atoms with Crippen molar-refractivity contribution in [1.82, 2.24) is 0 Å². The Morgan fingerprint density at radius 3 is 1.90 bits per heavy atom. The Balaban J connectivity index is 1.91. The van der Waals surface area contributed by atoms with Gasteiger partial charge in [0.05, 0.1) is 15.7 Å². The van der Waals surface area contributed by atoms with Crippen molar-refractivity contribution in [3.63, 3.8) is 0 Å². The third-order valence-electron chi connectivity index (χ3n) is 5.26. The van der Waals surface area contributed by atoms with Crippen molar-refractivity contribution in [2.75, 3.05) is 0 Å². The first-order chi connectivity index (χ1) is 14.5. The van der Waals surface area contributed by atoms with Crippen molar-refractivity contribution in [2.24, 2.45) is 5.41 Å². The second kappa shape index (κ2) is 10.6. The summed E-state index contributed by atoms with van der Waals surface area (Å²) >= 11 is 7.57. The lowest BCUT2D eigenvalue weighted by molar-refractivity contribution is 0.386. The monoisotopic (exact) mass is 429 g/mol. The average molecular weight is 430 g/mol. The van der Waals surface area contributed by atoms with Gasteiger partial charge in [-0.3, -0.25) is 0 Å². The van der Waals surface area contributed by atoms with Crippen molar-refractivity contribution in [1.29, 1.82) is 5.26 Å². The summed E-state index contributed by atoms with van der Waals surface area (Å²) in [6, 6.07) is 33.9. The molecule has 0 aliphatic rings. The van der Waals surface area contributed by atoms with E-state index in [1.54, 1.807) is 11.8 Å². The van der Waals surface area contributed by atoms with Crippen LogP contribution < -0.4 is 0 Å². The minimum Gasteiger partial charge on any atom is -0.198 e. The number of thiocarbonyl (C=S) groups is 1. The molecule has 152 valence electrons. The maximum Gasteiger partial charge on any atom is 0.0784 e. The molecule has 1 nitrogen and oxygen atoms in total. The van der Waals surface area contributed by atoms with Crippen LogP contribution in [-0.2, 0) is 0 Å². The van der Waals surface area contributed by atoms with Crippen molar-refractivity contribution in [3.8, 4) is 6.07 Å². The van der Waals surface area contributed by atoms with Gasteiger partial charge in [-0.15, -0.1) is 11.8 Å². The lowest BCUT2D eigenvalue weighted by Crippen LogP contribution is -2.16. The van der Waals surface area contributed by atoms with Gasteiger partial charge in [-0.1, -0.05) is 103 Å². The van der Waals surface area contributed by atoms with E-state index in [-0.39, 0.29) is 16.6 Å². The van der Waals surface area contributed by atoms with Crippen molar-refractivity contribution in [2.45, 2.75) is 37.9 Å². The number of nitrogens with zero attached hydrogens (tertiary/aromatic N) is 1. The van der Waals surface area contributed by atoms with E-state index < -0.39 is 0 Å². The molecule has 30 heavy (non-hydrogen) atoms. The predicted octanol–water partition coefficient (Wildman–Crippen LogP) is 7.95. The highest BCUT2D eigenvalue weighted by atomic mass is 32.2. The highest BCUT2D eigenvalue weighted by Crippen LogP contribution is 2.43. The van der Waals surface area contributed by atoms with E-state index in [2.05, 4.69) is 66.7 Å². The average Bonchev–Trinajstić information content (AvgIpc) is 2.79. The molecule has 3 aromatic rings. The van der Waals surface area contributed by atoms with E-state index in [1.165, 1.54) is 11.1 Å². The zero-order chi connectivity index (χ0) is 21.4. The largest absolute Gasteiger partial charge is 0.198 e. The molecule has 0 N–H and O–H groups in total. The summed E-state index contributed by atoms with van der Waals surface area (Å²) in [6.45, 7) is 4.06. The van der Waals surface area contributed by atoms with Gasteiger partial charge in [-0.2, -0.15) is 5.26 Å². The van der Waals surface area contributed by atoms with Gasteiger partial charge in [0.2, 0.25) is 0 Å². The summed E-state index contributed by atoms with van der Waals surface area (Å²) in [6.07, 6.45) is 1.74. The zero-order valence-corrected chi connectivity index (χ0v) is 19.1. The summed E-state index contributed by atoms with van der Waals surface area (Å²) < 4.78 is 0.913. The molecule has 0 amide bonds. The Morgan fingerprint density at radius 1 is 0.867 bits per heavy atom. The lowest BCUT2D eigenvalue weighted by atomic mass is 9.78. The fourth-order valence-electron chi connectivity index (χ4n) is 3.67. The third-order valence-corrected chi connectivity index (χ3v) is 6.98. The van der Waals surface area contributed by atoms with Crippen molar-refractivity contribution >= 4 is 28.2 Å². The number of hydrogen-bond acceptors (Lipinski definition) is 3. The summed E-state index contributed by atoms with van der Waals surface area (Å²) in [4.78, 5) is 0. The smallest absolute Gasteiger partial charge is 0.0784 e. The maximum absolute atomic E-state index is 9.66. The fourth-order valence-corrected chi connectivity index (χ4v) is 5.31. The molecular weight excluding hydrogens is 402 g/mol. The van der Waals surface area contributed by atoms with E-state index in [0.717, 1.165) is 22.6 Å². The molecule has 2 atom stereocenters. The van der Waals surface area contributed by atoms with Gasteiger partial charge in [0, 0.05) is 5.25 Å². The first-order valence-electron chi connectivity index (χ1n) is 10.3. The molecule has 0 spiro atoms. The lowest BCUT2D eigenvalue weighted by Gasteiger charge is -2.28. The molecule has 0 saturated carbocycles. The molecule has 0 saturated heterocycles. The molecule has 0 aliphatic carbocycles. The second-order valence-corrected chi connectivity index (χ2v) is 10.1. The normalized spacial score (nSPS) is 13.2. The van der Waals surface area contributed by atoms with Crippen LogP contribution in [0.5, 0.6) is 0 Å². The molecule has 3 rings (SSSR count). The predicted molar refractivity (Wildman–Crippen MR) is 133 cm³/mol. The first-order valence-corrected chi connectivity index (χ1v) is 11.5. The number of benzene rings is 3. The van der Waals surface area contributed by atoms with Gasteiger partial charge in [-0.25, -0.2) is 0 Å². The molecule has 2 unspecified atom stereocenters. The summed E-state index contributed by atoms with van der Waals surface area (Å²) in [5.74, 6) is 0.275. The quantitative estimate of drug-likeness (QED) is 0.339. The molecule has 0 bridgehead atoms. The maximum atomic E-state index is 9.66. The third kappa shape index (κ3) is 6.29. The van der Waals surface area contributed by atoms with Crippen LogP contribution in [0.25, 0.3) is 0 Å². The molecule has 0 heterocycles. The van der Waals surface area contributed by atoms with Gasteiger partial charge in [0.25, 0.3) is 0 Å². The van der Waals surface area contributed by atoms with Crippen molar-refractivity contribution in [3.05, 3.63) is 108 Å². The van der Waals surface area contributed by atoms with Crippen LogP contribution in [0.3, 0.4) is 0 Å². The van der Waals surface area contributed by atoms with E-state index >= 15 is 0 Å². The van der Waals surface area contributed by atoms with Crippen LogP contribution in [0.1, 0.15) is 54.5 Å². The van der Waals surface area contributed by atoms with E-state index in [1.807, 2.05) is 44.2 Å². The van der Waals surface area contributed by atoms with Crippen LogP contribution in [-0.4, -0.2) is 4.20 Å². The standard InChI is InChI=1S/C27H27NS2/c1-27(2,20-28)19-24(21-12-6-3-7-13-21)18-25(22-14-8-4-9-15-22)30-26(29)23-16-10-5-11-17-23/h3-17,24-25H,18-19H2,1-2H3. The van der Waals surface area contributed by atoms with Gasteiger partial charge in [0.15, 0.2) is 0 Å². The first kappa shape index (κ1) is 22.3. The minimum absolute atomic E-state index is 0.221.